The molecular formula is C19H26N4O. The Kier molecular flexibility index (Phi) is 5.53. The zero-order valence-electron chi connectivity index (χ0n) is 14.6. The Morgan fingerprint density at radius 2 is 1.79 bits per heavy atom. The third-order valence-electron chi connectivity index (χ3n) is 4.66. The van der Waals surface area contributed by atoms with Crippen molar-refractivity contribution in [3.8, 4) is 0 Å². The van der Waals surface area contributed by atoms with Crippen LogP contribution in [-0.2, 0) is 23.4 Å². The maximum atomic E-state index is 5.93. The van der Waals surface area contributed by atoms with Gasteiger partial charge in [-0.25, -0.2) is 9.97 Å². The van der Waals surface area contributed by atoms with E-state index in [1.165, 1.54) is 12.0 Å². The molecule has 1 saturated heterocycles. The first kappa shape index (κ1) is 17.0. The highest BCUT2D eigenvalue weighted by Crippen LogP contribution is 2.32. The van der Waals surface area contributed by atoms with Gasteiger partial charge in [0.05, 0.1) is 0 Å². The fourth-order valence-corrected chi connectivity index (χ4v) is 3.10. The molecule has 1 atom stereocenters. The minimum Gasteiger partial charge on any atom is -0.367 e. The molecule has 1 aliphatic heterocycles. The van der Waals surface area contributed by atoms with Gasteiger partial charge in [-0.15, -0.1) is 0 Å². The van der Waals surface area contributed by atoms with E-state index in [2.05, 4.69) is 45.8 Å². The molecule has 0 unspecified atom stereocenters. The lowest BCUT2D eigenvalue weighted by Gasteiger charge is -2.32. The van der Waals surface area contributed by atoms with E-state index in [1.807, 2.05) is 24.8 Å². The minimum absolute atomic E-state index is 0.321. The van der Waals surface area contributed by atoms with Crippen molar-refractivity contribution in [3.63, 3.8) is 0 Å². The van der Waals surface area contributed by atoms with Crippen molar-refractivity contribution in [2.75, 3.05) is 13.2 Å². The number of hydrogen-bond donors (Lipinski definition) is 0. The molecular weight excluding hydrogens is 300 g/mol. The van der Waals surface area contributed by atoms with E-state index >= 15 is 0 Å². The monoisotopic (exact) mass is 326 g/mol. The molecule has 3 heterocycles. The van der Waals surface area contributed by atoms with Gasteiger partial charge in [0.2, 0.25) is 0 Å². The van der Waals surface area contributed by atoms with Crippen LogP contribution in [0.2, 0.25) is 0 Å². The van der Waals surface area contributed by atoms with Crippen LogP contribution in [0.3, 0.4) is 0 Å². The lowest BCUT2D eigenvalue weighted by molar-refractivity contribution is -0.0761. The van der Waals surface area contributed by atoms with Crippen molar-refractivity contribution in [3.05, 3.63) is 53.9 Å². The van der Waals surface area contributed by atoms with Crippen molar-refractivity contribution in [2.24, 2.45) is 0 Å². The molecule has 128 valence electrons. The van der Waals surface area contributed by atoms with Gasteiger partial charge in [0.1, 0.15) is 5.60 Å². The highest BCUT2D eigenvalue weighted by molar-refractivity contribution is 5.12. The second-order valence-corrected chi connectivity index (χ2v) is 6.61. The van der Waals surface area contributed by atoms with E-state index in [4.69, 9.17) is 4.74 Å². The molecule has 3 rings (SSSR count). The quantitative estimate of drug-likeness (QED) is 0.815. The van der Waals surface area contributed by atoms with Crippen LogP contribution in [-0.4, -0.2) is 33.0 Å². The van der Waals surface area contributed by atoms with Crippen LogP contribution in [0.5, 0.6) is 0 Å². The van der Waals surface area contributed by atoms with E-state index in [-0.39, 0.29) is 5.60 Å². The summed E-state index contributed by atoms with van der Waals surface area (Å²) in [5.74, 6) is 0.808. The Morgan fingerprint density at radius 3 is 2.42 bits per heavy atom. The van der Waals surface area contributed by atoms with Crippen LogP contribution in [0, 0.1) is 0 Å². The van der Waals surface area contributed by atoms with E-state index in [0.717, 1.165) is 50.5 Å². The zero-order valence-corrected chi connectivity index (χ0v) is 14.6. The van der Waals surface area contributed by atoms with E-state index < -0.39 is 0 Å². The molecule has 0 amide bonds. The van der Waals surface area contributed by atoms with Crippen LogP contribution in [0.15, 0.2) is 36.9 Å². The summed E-state index contributed by atoms with van der Waals surface area (Å²) >= 11 is 0. The first-order valence-electron chi connectivity index (χ1n) is 8.76. The van der Waals surface area contributed by atoms with Crippen LogP contribution in [0.25, 0.3) is 0 Å². The van der Waals surface area contributed by atoms with Crippen molar-refractivity contribution in [1.82, 2.24) is 19.9 Å². The predicted molar refractivity (Wildman–Crippen MR) is 93.2 cm³/mol. The number of rotatable bonds is 6. The normalized spacial score (nSPS) is 21.1. The number of pyridine rings is 1. The second kappa shape index (κ2) is 7.81. The number of nitrogens with zero attached hydrogens (tertiary/aromatic N) is 4. The zero-order chi connectivity index (χ0) is 16.8. The molecule has 5 nitrogen and oxygen atoms in total. The predicted octanol–water partition coefficient (Wildman–Crippen LogP) is 3.31. The fraction of sp³-hybridized carbons (Fsp3) is 0.526. The lowest BCUT2D eigenvalue weighted by atomic mass is 9.95. The van der Waals surface area contributed by atoms with Gasteiger partial charge < -0.3 is 4.74 Å². The molecule has 0 N–H and O–H groups in total. The number of ether oxygens (including phenoxy) is 1. The summed E-state index contributed by atoms with van der Waals surface area (Å²) in [5.41, 5.74) is 2.08. The molecule has 0 radical (unpaired) electrons. The Labute approximate surface area is 144 Å². The Hall–Kier alpha value is -1.85. The summed E-state index contributed by atoms with van der Waals surface area (Å²) in [5, 5.41) is 0. The van der Waals surface area contributed by atoms with Crippen LogP contribution in [0.1, 0.15) is 50.1 Å². The minimum atomic E-state index is -0.321. The molecule has 2 aromatic rings. The molecule has 0 spiro atoms. The van der Waals surface area contributed by atoms with Crippen molar-refractivity contribution in [2.45, 2.75) is 51.8 Å². The molecule has 1 aliphatic rings. The molecule has 2 aromatic heterocycles. The number of aromatic nitrogens is 3. The molecule has 0 bridgehead atoms. The molecule has 24 heavy (non-hydrogen) atoms. The third-order valence-corrected chi connectivity index (χ3v) is 4.66. The van der Waals surface area contributed by atoms with Crippen molar-refractivity contribution in [1.29, 1.82) is 0 Å². The van der Waals surface area contributed by atoms with Gasteiger partial charge in [0.15, 0.2) is 5.82 Å². The van der Waals surface area contributed by atoms with E-state index in [0.29, 0.717) is 0 Å². The molecule has 1 fully saturated rings. The average molecular weight is 326 g/mol. The van der Waals surface area contributed by atoms with Gasteiger partial charge in [-0.05, 0) is 50.4 Å². The van der Waals surface area contributed by atoms with Gasteiger partial charge in [0.25, 0.3) is 0 Å². The third kappa shape index (κ3) is 4.16. The van der Waals surface area contributed by atoms with Gasteiger partial charge in [-0.2, -0.15) is 0 Å². The lowest BCUT2D eigenvalue weighted by Crippen LogP contribution is -2.32. The van der Waals surface area contributed by atoms with Gasteiger partial charge in [-0.3, -0.25) is 9.88 Å². The van der Waals surface area contributed by atoms with E-state index in [1.54, 1.807) is 0 Å². The topological polar surface area (TPSA) is 51.1 Å². The second-order valence-electron chi connectivity index (χ2n) is 6.61. The van der Waals surface area contributed by atoms with Gasteiger partial charge in [-0.1, -0.05) is 6.92 Å². The van der Waals surface area contributed by atoms with Crippen LogP contribution < -0.4 is 0 Å². The molecule has 0 aliphatic carbocycles. The van der Waals surface area contributed by atoms with Gasteiger partial charge >= 0.3 is 0 Å². The average Bonchev–Trinajstić information content (AvgIpc) is 2.63. The largest absolute Gasteiger partial charge is 0.367 e. The van der Waals surface area contributed by atoms with Gasteiger partial charge in [0, 0.05) is 50.0 Å². The molecule has 0 saturated carbocycles. The summed E-state index contributed by atoms with van der Waals surface area (Å²) in [6.07, 6.45) is 10.9. The summed E-state index contributed by atoms with van der Waals surface area (Å²) in [6, 6.07) is 4.12. The van der Waals surface area contributed by atoms with Crippen LogP contribution in [0.4, 0.5) is 0 Å². The maximum absolute atomic E-state index is 5.93. The Bertz CT molecular complexity index is 624. The molecule has 5 heteroatoms. The first-order valence-corrected chi connectivity index (χ1v) is 8.76. The van der Waals surface area contributed by atoms with Crippen molar-refractivity contribution < 1.29 is 4.74 Å². The maximum Gasteiger partial charge on any atom is 0.159 e. The Balaban J connectivity index is 1.64. The first-order chi connectivity index (χ1) is 11.7. The highest BCUT2D eigenvalue weighted by Gasteiger charge is 2.32. The summed E-state index contributed by atoms with van der Waals surface area (Å²) in [6.45, 7) is 7.80. The SMILES string of the molecule is CCN(Cc1ccncc1)Cc1cnc([C@]2(C)CCCCO2)nc1. The Morgan fingerprint density at radius 1 is 1.08 bits per heavy atom. The fourth-order valence-electron chi connectivity index (χ4n) is 3.10. The van der Waals surface area contributed by atoms with Crippen LogP contribution >= 0.6 is 0 Å². The van der Waals surface area contributed by atoms with Crippen molar-refractivity contribution >= 4 is 0 Å². The van der Waals surface area contributed by atoms with E-state index in [9.17, 15) is 0 Å². The molecule has 0 aromatic carbocycles. The highest BCUT2D eigenvalue weighted by atomic mass is 16.5. The summed E-state index contributed by atoms with van der Waals surface area (Å²) < 4.78 is 5.93. The standard InChI is InChI=1S/C19H26N4O/c1-3-23(14-16-6-9-20-10-7-16)15-17-12-21-18(22-13-17)19(2)8-4-5-11-24-19/h6-7,9-10,12-13H,3-5,8,11,14-15H2,1-2H3/t19-/m0/s1. The smallest absolute Gasteiger partial charge is 0.159 e. The number of hydrogen-bond acceptors (Lipinski definition) is 5. The summed E-state index contributed by atoms with van der Waals surface area (Å²) in [4.78, 5) is 15.6. The summed E-state index contributed by atoms with van der Waals surface area (Å²) in [7, 11) is 0.